The Morgan fingerprint density at radius 3 is 2.15 bits per heavy atom. The third-order valence-corrected chi connectivity index (χ3v) is 1.94. The van der Waals surface area contributed by atoms with Crippen molar-refractivity contribution in [1.29, 1.82) is 0 Å². The van der Waals surface area contributed by atoms with Gasteiger partial charge in [0.2, 0.25) is 5.88 Å². The van der Waals surface area contributed by atoms with E-state index in [-0.39, 0.29) is 0 Å². The van der Waals surface area contributed by atoms with E-state index in [0.717, 1.165) is 7.11 Å². The van der Waals surface area contributed by atoms with Crippen molar-refractivity contribution in [3.05, 3.63) is 17.3 Å². The fraction of sp³-hybridized carbons (Fsp3) is 0.333. The van der Waals surface area contributed by atoms with E-state index in [9.17, 15) is 31.1 Å². The normalized spacial score (nSPS) is 12.2. The molecule has 0 unspecified atom stereocenters. The maximum atomic E-state index is 12.8. The van der Waals surface area contributed by atoms with Crippen LogP contribution < -0.4 is 9.47 Å². The first-order chi connectivity index (χ1) is 8.97. The van der Waals surface area contributed by atoms with E-state index in [2.05, 4.69) is 14.5 Å². The van der Waals surface area contributed by atoms with Crippen LogP contribution in [0.1, 0.15) is 15.9 Å². The third kappa shape index (κ3) is 3.42. The zero-order valence-electron chi connectivity index (χ0n) is 9.46. The molecule has 0 amide bonds. The Bertz CT molecular complexity index is 524. The van der Waals surface area contributed by atoms with E-state index >= 15 is 0 Å². The van der Waals surface area contributed by atoms with Gasteiger partial charge in [-0.25, -0.2) is 9.78 Å². The minimum absolute atomic E-state index is 0.389. The summed E-state index contributed by atoms with van der Waals surface area (Å²) in [6.45, 7) is 0. The van der Waals surface area contributed by atoms with Gasteiger partial charge in [0.05, 0.1) is 13.3 Å². The fourth-order valence-electron chi connectivity index (χ4n) is 1.29. The Balaban J connectivity index is 3.62. The van der Waals surface area contributed by atoms with E-state index in [1.807, 2.05) is 0 Å². The Hall–Kier alpha value is -2.20. The Kier molecular flexibility index (Phi) is 4.01. The highest BCUT2D eigenvalue weighted by Crippen LogP contribution is 2.42. The number of rotatable bonds is 3. The monoisotopic (exact) mass is 305 g/mol. The first kappa shape index (κ1) is 15.9. The number of nitrogens with zero attached hydrogens (tertiary/aromatic N) is 1. The smallest absolute Gasteiger partial charge is 0.494 e. The molecular formula is C9H5F6NO4. The van der Waals surface area contributed by atoms with Crippen LogP contribution in [0.25, 0.3) is 0 Å². The summed E-state index contributed by atoms with van der Waals surface area (Å²) in [7, 11) is 0.841. The van der Waals surface area contributed by atoms with Crippen molar-refractivity contribution in [2.75, 3.05) is 7.11 Å². The molecule has 1 N–H and O–H groups in total. The first-order valence-electron chi connectivity index (χ1n) is 4.60. The Labute approximate surface area is 106 Å². The molecule has 1 heterocycles. The lowest BCUT2D eigenvalue weighted by Gasteiger charge is -2.17. The predicted octanol–water partition coefficient (Wildman–Crippen LogP) is 2.71. The second kappa shape index (κ2) is 5.06. The van der Waals surface area contributed by atoms with Gasteiger partial charge in [0.25, 0.3) is 0 Å². The summed E-state index contributed by atoms with van der Waals surface area (Å²) in [5, 5.41) is 8.72. The number of alkyl halides is 6. The second-order valence-corrected chi connectivity index (χ2v) is 3.23. The molecule has 1 aromatic heterocycles. The first-order valence-corrected chi connectivity index (χ1v) is 4.60. The van der Waals surface area contributed by atoms with Crippen LogP contribution in [0.15, 0.2) is 6.20 Å². The molecule has 0 aliphatic carbocycles. The van der Waals surface area contributed by atoms with E-state index in [4.69, 9.17) is 5.11 Å². The van der Waals surface area contributed by atoms with Gasteiger partial charge in [0.1, 0.15) is 11.1 Å². The van der Waals surface area contributed by atoms with Gasteiger partial charge in [-0.05, 0) is 0 Å². The highest BCUT2D eigenvalue weighted by molar-refractivity contribution is 5.93. The highest BCUT2D eigenvalue weighted by atomic mass is 19.4. The van der Waals surface area contributed by atoms with Gasteiger partial charge in [-0.15, -0.1) is 13.2 Å². The molecule has 0 aliphatic rings. The van der Waals surface area contributed by atoms with E-state index in [0.29, 0.717) is 6.20 Å². The zero-order chi connectivity index (χ0) is 15.7. The molecular weight excluding hydrogens is 300 g/mol. The van der Waals surface area contributed by atoms with Crippen molar-refractivity contribution >= 4 is 5.97 Å². The van der Waals surface area contributed by atoms with Crippen molar-refractivity contribution in [1.82, 2.24) is 4.98 Å². The standard InChI is InChI=1S/C9H5F6NO4/c1-19-3-2-16-6(20-9(13,14)15)5(8(10,11)12)4(3)7(17)18/h2H,1H3,(H,17,18). The Morgan fingerprint density at radius 2 is 1.80 bits per heavy atom. The SMILES string of the molecule is COc1cnc(OC(F)(F)F)c(C(F)(F)F)c1C(=O)O. The van der Waals surface area contributed by atoms with Crippen LogP contribution in [-0.2, 0) is 6.18 Å². The predicted molar refractivity (Wildman–Crippen MR) is 49.4 cm³/mol. The number of hydrogen-bond donors (Lipinski definition) is 1. The second-order valence-electron chi connectivity index (χ2n) is 3.23. The van der Waals surface area contributed by atoms with Crippen LogP contribution in [0.4, 0.5) is 26.3 Å². The van der Waals surface area contributed by atoms with Gasteiger partial charge in [0.15, 0.2) is 5.75 Å². The van der Waals surface area contributed by atoms with Crippen LogP contribution >= 0.6 is 0 Å². The summed E-state index contributed by atoms with van der Waals surface area (Å²) in [5.41, 5.74) is -3.70. The zero-order valence-corrected chi connectivity index (χ0v) is 9.46. The molecule has 0 bridgehead atoms. The number of aromatic nitrogens is 1. The van der Waals surface area contributed by atoms with Crippen LogP contribution in [0.5, 0.6) is 11.6 Å². The number of ether oxygens (including phenoxy) is 2. The lowest BCUT2D eigenvalue weighted by atomic mass is 10.1. The minimum atomic E-state index is -5.46. The molecule has 0 atom stereocenters. The maximum absolute atomic E-state index is 12.8. The molecule has 1 aromatic rings. The largest absolute Gasteiger partial charge is 0.574 e. The van der Waals surface area contributed by atoms with Gasteiger partial charge in [-0.2, -0.15) is 13.2 Å². The van der Waals surface area contributed by atoms with Crippen LogP contribution in [0.3, 0.4) is 0 Å². The minimum Gasteiger partial charge on any atom is -0.494 e. The fourth-order valence-corrected chi connectivity index (χ4v) is 1.29. The molecule has 0 fully saturated rings. The van der Waals surface area contributed by atoms with Crippen molar-refractivity contribution in [2.45, 2.75) is 12.5 Å². The van der Waals surface area contributed by atoms with Crippen molar-refractivity contribution in [2.24, 2.45) is 0 Å². The van der Waals surface area contributed by atoms with Gasteiger partial charge >= 0.3 is 18.5 Å². The number of carboxylic acid groups (broad SMARTS) is 1. The molecule has 20 heavy (non-hydrogen) atoms. The number of carbonyl (C=O) groups is 1. The van der Waals surface area contributed by atoms with Gasteiger partial charge in [0, 0.05) is 0 Å². The van der Waals surface area contributed by atoms with Gasteiger partial charge < -0.3 is 14.6 Å². The lowest BCUT2D eigenvalue weighted by Crippen LogP contribution is -2.23. The number of aromatic carboxylic acids is 1. The van der Waals surface area contributed by atoms with E-state index in [1.54, 1.807) is 0 Å². The van der Waals surface area contributed by atoms with Crippen LogP contribution in [0, 0.1) is 0 Å². The van der Waals surface area contributed by atoms with Gasteiger partial charge in [-0.3, -0.25) is 0 Å². The van der Waals surface area contributed by atoms with Crippen molar-refractivity contribution in [3.8, 4) is 11.6 Å². The van der Waals surface area contributed by atoms with E-state index < -0.39 is 41.3 Å². The molecule has 0 saturated heterocycles. The number of carboxylic acids is 1. The summed E-state index contributed by atoms with van der Waals surface area (Å²) >= 11 is 0. The molecule has 0 spiro atoms. The molecule has 0 saturated carbocycles. The number of methoxy groups -OCH3 is 1. The third-order valence-electron chi connectivity index (χ3n) is 1.94. The molecule has 1 rings (SSSR count). The molecule has 0 radical (unpaired) electrons. The summed E-state index contributed by atoms with van der Waals surface area (Å²) < 4.78 is 81.8. The summed E-state index contributed by atoms with van der Waals surface area (Å²) in [4.78, 5) is 13.6. The van der Waals surface area contributed by atoms with Crippen molar-refractivity contribution < 1.29 is 45.7 Å². The number of halogens is 6. The summed E-state index contributed by atoms with van der Waals surface area (Å²) in [6, 6.07) is 0. The van der Waals surface area contributed by atoms with E-state index in [1.165, 1.54) is 0 Å². The van der Waals surface area contributed by atoms with Crippen LogP contribution in [-0.4, -0.2) is 29.5 Å². The lowest BCUT2D eigenvalue weighted by molar-refractivity contribution is -0.278. The summed E-state index contributed by atoms with van der Waals surface area (Å²) in [5.74, 6) is -4.90. The highest BCUT2D eigenvalue weighted by Gasteiger charge is 2.45. The molecule has 0 aliphatic heterocycles. The van der Waals surface area contributed by atoms with Gasteiger partial charge in [-0.1, -0.05) is 0 Å². The van der Waals surface area contributed by atoms with Crippen molar-refractivity contribution in [3.63, 3.8) is 0 Å². The Morgan fingerprint density at radius 1 is 1.25 bits per heavy atom. The molecule has 0 aromatic carbocycles. The average Bonchev–Trinajstić information content (AvgIpc) is 2.24. The molecule has 5 nitrogen and oxygen atoms in total. The molecule has 112 valence electrons. The molecule has 11 heteroatoms. The quantitative estimate of drug-likeness (QED) is 0.870. The topological polar surface area (TPSA) is 68.7 Å². The van der Waals surface area contributed by atoms with Crippen LogP contribution in [0.2, 0.25) is 0 Å². The number of hydrogen-bond acceptors (Lipinski definition) is 4. The maximum Gasteiger partial charge on any atom is 0.574 e. The summed E-state index contributed by atoms with van der Waals surface area (Å²) in [6.07, 6.45) is -10.5. The number of pyridine rings is 1. The average molecular weight is 305 g/mol.